The van der Waals surface area contributed by atoms with Crippen molar-refractivity contribution in [2.24, 2.45) is 4.40 Å². The van der Waals surface area contributed by atoms with E-state index < -0.39 is 8.32 Å². The zero-order valence-corrected chi connectivity index (χ0v) is 21.3. The maximum Gasteiger partial charge on any atom is 0.192 e. The molecule has 0 spiro atoms. The van der Waals surface area contributed by atoms with Gasteiger partial charge in [0.25, 0.3) is 0 Å². The molecule has 1 saturated carbocycles. The molecule has 2 rings (SSSR count). The maximum absolute atomic E-state index is 14.6. The fourth-order valence-electron chi connectivity index (χ4n) is 2.54. The molecule has 0 amide bonds. The highest BCUT2D eigenvalue weighted by atomic mass is 79.9. The summed E-state index contributed by atoms with van der Waals surface area (Å²) in [7, 11) is -1.89. The highest BCUT2D eigenvalue weighted by molar-refractivity contribution is 9.10. The van der Waals surface area contributed by atoms with Gasteiger partial charge in [-0.25, -0.2) is 8.79 Å². The SMILES string of the molecule is CC(C)(C)SN=C(CC1(O[Si](C)(C)C(C)(C)C)CC1)c1cc(Br)ccc1F. The summed E-state index contributed by atoms with van der Waals surface area (Å²) in [4.78, 5) is 0. The lowest BCUT2D eigenvalue weighted by Crippen LogP contribution is -2.45. The molecular formula is C21H33BrFNOSSi. The molecule has 0 bridgehead atoms. The zero-order chi connectivity index (χ0) is 20.7. The third kappa shape index (κ3) is 6.41. The standard InChI is InChI=1S/C21H33BrFNOSSi/c1-19(2,3)26-24-18(16-13-15(22)9-10-17(16)23)14-21(11-12-21)25-27(7,8)20(4,5)6/h9-10,13H,11-12,14H2,1-8H3. The minimum absolute atomic E-state index is 0.0231. The van der Waals surface area contributed by atoms with E-state index in [1.54, 1.807) is 6.07 Å². The van der Waals surface area contributed by atoms with Crippen molar-refractivity contribution in [1.29, 1.82) is 0 Å². The Labute approximate surface area is 178 Å². The van der Waals surface area contributed by atoms with E-state index in [9.17, 15) is 4.39 Å². The van der Waals surface area contributed by atoms with Crippen molar-refractivity contribution in [2.75, 3.05) is 0 Å². The van der Waals surface area contributed by atoms with E-state index in [1.165, 1.54) is 18.0 Å². The minimum Gasteiger partial charge on any atom is -0.411 e. The predicted octanol–water partition coefficient (Wildman–Crippen LogP) is 7.77. The van der Waals surface area contributed by atoms with Crippen molar-refractivity contribution in [2.45, 2.75) is 89.3 Å². The Morgan fingerprint density at radius 2 is 1.81 bits per heavy atom. The van der Waals surface area contributed by atoms with E-state index in [0.29, 0.717) is 12.0 Å². The van der Waals surface area contributed by atoms with E-state index in [4.69, 9.17) is 8.82 Å². The van der Waals surface area contributed by atoms with Gasteiger partial charge in [0.05, 0.1) is 11.3 Å². The van der Waals surface area contributed by atoms with Gasteiger partial charge in [-0.2, -0.15) is 0 Å². The number of hydrogen-bond acceptors (Lipinski definition) is 3. The predicted molar refractivity (Wildman–Crippen MR) is 123 cm³/mol. The Morgan fingerprint density at radius 1 is 1.22 bits per heavy atom. The van der Waals surface area contributed by atoms with Crippen LogP contribution in [0.5, 0.6) is 0 Å². The summed E-state index contributed by atoms with van der Waals surface area (Å²) in [5.41, 5.74) is 1.19. The summed E-state index contributed by atoms with van der Waals surface area (Å²) in [6.07, 6.45) is 2.71. The minimum atomic E-state index is -1.89. The molecule has 0 heterocycles. The van der Waals surface area contributed by atoms with Gasteiger partial charge >= 0.3 is 0 Å². The van der Waals surface area contributed by atoms with Gasteiger partial charge in [-0.3, -0.25) is 0 Å². The summed E-state index contributed by atoms with van der Waals surface area (Å²) in [6.45, 7) is 17.7. The van der Waals surface area contributed by atoms with E-state index in [1.807, 2.05) is 6.07 Å². The van der Waals surface area contributed by atoms with Crippen LogP contribution in [0, 0.1) is 5.82 Å². The van der Waals surface area contributed by atoms with Crippen LogP contribution in [0.1, 0.15) is 66.4 Å². The summed E-state index contributed by atoms with van der Waals surface area (Å²) >= 11 is 4.98. The van der Waals surface area contributed by atoms with Gasteiger partial charge in [0, 0.05) is 21.2 Å². The van der Waals surface area contributed by atoms with E-state index >= 15 is 0 Å². The Kier molecular flexibility index (Phi) is 6.78. The second-order valence-corrected chi connectivity index (χ2v) is 17.3. The largest absolute Gasteiger partial charge is 0.411 e. The molecule has 0 radical (unpaired) electrons. The van der Waals surface area contributed by atoms with Crippen LogP contribution >= 0.6 is 27.9 Å². The second kappa shape index (κ2) is 7.92. The third-order valence-electron chi connectivity index (χ3n) is 5.24. The maximum atomic E-state index is 14.6. The first-order chi connectivity index (χ1) is 12.1. The highest BCUT2D eigenvalue weighted by Gasteiger charge is 2.52. The van der Waals surface area contributed by atoms with Gasteiger partial charge in [0.15, 0.2) is 8.32 Å². The Morgan fingerprint density at radius 3 is 2.30 bits per heavy atom. The molecule has 1 aliphatic carbocycles. The van der Waals surface area contributed by atoms with Crippen LogP contribution in [0.3, 0.4) is 0 Å². The lowest BCUT2D eigenvalue weighted by atomic mass is 10.0. The fraction of sp³-hybridized carbons (Fsp3) is 0.667. The van der Waals surface area contributed by atoms with Crippen molar-refractivity contribution in [1.82, 2.24) is 0 Å². The van der Waals surface area contributed by atoms with Crippen molar-refractivity contribution in [3.63, 3.8) is 0 Å². The van der Waals surface area contributed by atoms with Crippen molar-refractivity contribution < 1.29 is 8.82 Å². The molecular weight excluding hydrogens is 441 g/mol. The average molecular weight is 475 g/mol. The number of benzene rings is 1. The van der Waals surface area contributed by atoms with Crippen LogP contribution < -0.4 is 0 Å². The van der Waals surface area contributed by atoms with E-state index in [-0.39, 0.29) is 21.2 Å². The molecule has 0 aromatic heterocycles. The summed E-state index contributed by atoms with van der Waals surface area (Å²) in [5, 5.41) is 0.154. The van der Waals surface area contributed by atoms with Crippen molar-refractivity contribution in [3.8, 4) is 0 Å². The van der Waals surface area contributed by atoms with Crippen LogP contribution in [0.4, 0.5) is 4.39 Å². The van der Waals surface area contributed by atoms with Gasteiger partial charge in [-0.1, -0.05) is 36.7 Å². The molecule has 1 aromatic carbocycles. The first-order valence-corrected chi connectivity index (χ1v) is 14.0. The van der Waals surface area contributed by atoms with Crippen LogP contribution in [0.2, 0.25) is 18.1 Å². The van der Waals surface area contributed by atoms with Gasteiger partial charge in [-0.15, -0.1) is 0 Å². The molecule has 1 aromatic rings. The zero-order valence-electron chi connectivity index (χ0n) is 17.9. The van der Waals surface area contributed by atoms with Crippen LogP contribution in [-0.2, 0) is 4.43 Å². The molecule has 0 N–H and O–H groups in total. The fourth-order valence-corrected chi connectivity index (χ4v) is 5.11. The lowest BCUT2D eigenvalue weighted by Gasteiger charge is -2.39. The lowest BCUT2D eigenvalue weighted by molar-refractivity contribution is 0.166. The monoisotopic (exact) mass is 473 g/mol. The number of halogens is 2. The molecule has 27 heavy (non-hydrogen) atoms. The quantitative estimate of drug-likeness (QED) is 0.239. The normalized spacial score (nSPS) is 17.9. The topological polar surface area (TPSA) is 21.6 Å². The number of hydrogen-bond donors (Lipinski definition) is 0. The molecule has 1 fully saturated rings. The third-order valence-corrected chi connectivity index (χ3v) is 11.2. The Balaban J connectivity index is 2.34. The summed E-state index contributed by atoms with van der Waals surface area (Å²) in [6, 6.07) is 5.07. The molecule has 0 saturated heterocycles. The summed E-state index contributed by atoms with van der Waals surface area (Å²) < 4.78 is 27.0. The molecule has 152 valence electrons. The number of rotatable bonds is 6. The smallest absolute Gasteiger partial charge is 0.192 e. The van der Waals surface area contributed by atoms with Crippen molar-refractivity contribution >= 4 is 41.9 Å². The summed E-state index contributed by atoms with van der Waals surface area (Å²) in [5.74, 6) is -0.227. The number of nitrogens with zero attached hydrogens (tertiary/aromatic N) is 1. The van der Waals surface area contributed by atoms with Crippen LogP contribution in [-0.4, -0.2) is 24.4 Å². The van der Waals surface area contributed by atoms with Crippen LogP contribution in [0.25, 0.3) is 0 Å². The van der Waals surface area contributed by atoms with Gasteiger partial charge < -0.3 is 4.43 Å². The second-order valence-electron chi connectivity index (χ2n) is 10.1. The molecule has 0 aliphatic heterocycles. The first kappa shape index (κ1) is 23.1. The molecule has 6 heteroatoms. The molecule has 1 aliphatic rings. The van der Waals surface area contributed by atoms with Crippen LogP contribution in [0.15, 0.2) is 27.1 Å². The van der Waals surface area contributed by atoms with Gasteiger partial charge in [0.1, 0.15) is 5.82 Å². The Hall–Kier alpha value is -0.173. The van der Waals surface area contributed by atoms with E-state index in [2.05, 4.69) is 70.6 Å². The van der Waals surface area contributed by atoms with Gasteiger partial charge in [0.2, 0.25) is 0 Å². The molecule has 0 atom stereocenters. The Bertz CT molecular complexity index is 718. The van der Waals surface area contributed by atoms with Gasteiger partial charge in [-0.05, 0) is 81.9 Å². The highest BCUT2D eigenvalue weighted by Crippen LogP contribution is 2.50. The molecule has 2 nitrogen and oxygen atoms in total. The molecule has 0 unspecified atom stereocenters. The first-order valence-electron chi connectivity index (χ1n) is 9.55. The average Bonchev–Trinajstić information content (AvgIpc) is 3.23. The van der Waals surface area contributed by atoms with E-state index in [0.717, 1.165) is 23.0 Å². The van der Waals surface area contributed by atoms with Crippen molar-refractivity contribution in [3.05, 3.63) is 34.1 Å².